The summed E-state index contributed by atoms with van der Waals surface area (Å²) < 4.78 is 0. The third-order valence-electron chi connectivity index (χ3n) is 5.57. The van der Waals surface area contributed by atoms with Crippen molar-refractivity contribution < 1.29 is 9.90 Å². The van der Waals surface area contributed by atoms with Crippen molar-refractivity contribution in [2.75, 3.05) is 0 Å². The second-order valence-electron chi connectivity index (χ2n) is 8.01. The van der Waals surface area contributed by atoms with Gasteiger partial charge in [-0.3, -0.25) is 0 Å². The number of benzene rings is 2. The van der Waals surface area contributed by atoms with Crippen LogP contribution in [-0.4, -0.2) is 24.3 Å². The molecule has 0 radical (unpaired) electrons. The zero-order chi connectivity index (χ0) is 19.0. The summed E-state index contributed by atoms with van der Waals surface area (Å²) in [6, 6.07) is 20.4. The molecule has 0 aliphatic heterocycles. The van der Waals surface area contributed by atoms with Gasteiger partial charge in [0.15, 0.2) is 0 Å². The van der Waals surface area contributed by atoms with Gasteiger partial charge in [0.25, 0.3) is 8.32 Å². The van der Waals surface area contributed by atoms with Crippen LogP contribution in [0.2, 0.25) is 5.04 Å². The van der Waals surface area contributed by atoms with Crippen LogP contribution in [0.4, 0.5) is 0 Å². The molecule has 0 fully saturated rings. The third kappa shape index (κ3) is 4.85. The van der Waals surface area contributed by atoms with E-state index < -0.39 is 8.32 Å². The van der Waals surface area contributed by atoms with Gasteiger partial charge in [0, 0.05) is 0 Å². The largest absolute Gasteiger partial charge is 0.424 e. The first-order valence-electron chi connectivity index (χ1n) is 9.93. The first-order valence-corrected chi connectivity index (χ1v) is 11.9. The number of hydrogen-bond acceptors (Lipinski definition) is 2. The Morgan fingerprint density at radius 3 is 1.81 bits per heavy atom. The van der Waals surface area contributed by atoms with Gasteiger partial charge >= 0.3 is 0 Å². The first-order chi connectivity index (χ1) is 12.4. The molecular weight excluding hydrogens is 336 g/mol. The van der Waals surface area contributed by atoms with Gasteiger partial charge in [-0.2, -0.15) is 0 Å². The molecule has 2 nitrogen and oxygen atoms in total. The minimum Gasteiger partial charge on any atom is -0.424 e. The second-order valence-corrected chi connectivity index (χ2v) is 11.9. The van der Waals surface area contributed by atoms with Crippen LogP contribution in [0.3, 0.4) is 0 Å². The zero-order valence-electron chi connectivity index (χ0n) is 16.5. The maximum atomic E-state index is 12.1. The molecule has 0 aliphatic carbocycles. The zero-order valence-corrected chi connectivity index (χ0v) is 17.5. The molecule has 0 aliphatic rings. The lowest BCUT2D eigenvalue weighted by molar-refractivity contribution is 0.149. The fourth-order valence-corrected chi connectivity index (χ4v) is 7.70. The highest BCUT2D eigenvalue weighted by molar-refractivity contribution is 6.98. The highest BCUT2D eigenvalue weighted by atomic mass is 28.4. The third-order valence-corrected chi connectivity index (χ3v) is 10.1. The van der Waals surface area contributed by atoms with Crippen molar-refractivity contribution in [2.24, 2.45) is 0 Å². The predicted octanol–water partition coefficient (Wildman–Crippen LogP) is 4.24. The maximum Gasteiger partial charge on any atom is 0.258 e. The van der Waals surface area contributed by atoms with Crippen molar-refractivity contribution in [3.8, 4) is 0 Å². The SMILES string of the molecule is CCCC(O)CCCCC(C)(C)[Si](O)(c1ccccc1)c1ccccc1. The van der Waals surface area contributed by atoms with Crippen LogP contribution in [0, 0.1) is 0 Å². The van der Waals surface area contributed by atoms with Crippen molar-refractivity contribution in [2.45, 2.75) is 70.4 Å². The predicted molar refractivity (Wildman–Crippen MR) is 114 cm³/mol. The van der Waals surface area contributed by atoms with Crippen LogP contribution in [0.1, 0.15) is 59.3 Å². The van der Waals surface area contributed by atoms with E-state index in [9.17, 15) is 9.90 Å². The van der Waals surface area contributed by atoms with Gasteiger partial charge in [-0.15, -0.1) is 0 Å². The lowest BCUT2D eigenvalue weighted by Gasteiger charge is -2.41. The average Bonchev–Trinajstić information content (AvgIpc) is 2.66. The molecule has 0 spiro atoms. The van der Waals surface area contributed by atoms with Gasteiger partial charge in [-0.25, -0.2) is 0 Å². The monoisotopic (exact) mass is 370 g/mol. The summed E-state index contributed by atoms with van der Waals surface area (Å²) in [5.41, 5.74) is 0. The lowest BCUT2D eigenvalue weighted by Crippen LogP contribution is -2.65. The minimum absolute atomic E-state index is 0.178. The smallest absolute Gasteiger partial charge is 0.258 e. The minimum atomic E-state index is -2.88. The summed E-state index contributed by atoms with van der Waals surface area (Å²) in [5, 5.41) is 11.9. The fourth-order valence-electron chi connectivity index (χ4n) is 3.91. The van der Waals surface area contributed by atoms with Gasteiger partial charge in [-0.05, 0) is 34.7 Å². The molecule has 26 heavy (non-hydrogen) atoms. The van der Waals surface area contributed by atoms with Crippen molar-refractivity contribution in [3.05, 3.63) is 60.7 Å². The van der Waals surface area contributed by atoms with Gasteiger partial charge in [0.2, 0.25) is 0 Å². The van der Waals surface area contributed by atoms with Crippen LogP contribution >= 0.6 is 0 Å². The molecule has 2 aromatic rings. The van der Waals surface area contributed by atoms with E-state index in [0.29, 0.717) is 0 Å². The van der Waals surface area contributed by atoms with E-state index in [1.54, 1.807) is 0 Å². The summed E-state index contributed by atoms with van der Waals surface area (Å²) in [5.74, 6) is 0. The van der Waals surface area contributed by atoms with Gasteiger partial charge in [0.1, 0.15) is 0 Å². The number of aliphatic hydroxyl groups is 1. The summed E-state index contributed by atoms with van der Waals surface area (Å²) in [4.78, 5) is 12.1. The number of aliphatic hydroxyl groups excluding tert-OH is 1. The Bertz CT molecular complexity index is 600. The highest BCUT2D eigenvalue weighted by Gasteiger charge is 2.49. The topological polar surface area (TPSA) is 40.5 Å². The maximum absolute atomic E-state index is 12.1. The van der Waals surface area contributed by atoms with Gasteiger partial charge in [-0.1, -0.05) is 101 Å². The molecule has 2 N–H and O–H groups in total. The van der Waals surface area contributed by atoms with E-state index in [-0.39, 0.29) is 11.1 Å². The van der Waals surface area contributed by atoms with E-state index in [1.165, 1.54) is 0 Å². The van der Waals surface area contributed by atoms with Crippen molar-refractivity contribution in [1.29, 1.82) is 0 Å². The number of unbranched alkanes of at least 4 members (excludes halogenated alkanes) is 1. The number of rotatable bonds is 10. The average molecular weight is 371 g/mol. The Kier molecular flexibility index (Phi) is 7.63. The number of hydrogen-bond donors (Lipinski definition) is 2. The van der Waals surface area contributed by atoms with Crippen molar-refractivity contribution >= 4 is 18.7 Å². The van der Waals surface area contributed by atoms with Crippen LogP contribution in [0.25, 0.3) is 0 Å². The molecule has 0 amide bonds. The molecule has 3 heteroatoms. The molecule has 0 saturated carbocycles. The van der Waals surface area contributed by atoms with E-state index in [2.05, 4.69) is 45.0 Å². The molecule has 0 saturated heterocycles. The molecule has 0 heterocycles. The van der Waals surface area contributed by atoms with Gasteiger partial charge in [0.05, 0.1) is 6.10 Å². The molecular formula is C23H34O2Si. The highest BCUT2D eigenvalue weighted by Crippen LogP contribution is 2.40. The Balaban J connectivity index is 2.19. The first kappa shape index (κ1) is 20.9. The van der Waals surface area contributed by atoms with E-state index in [1.807, 2.05) is 36.4 Å². The standard InChI is InChI=1S/C23H34O2Si/c1-4-13-20(24)14-11-12-19-23(2,3)26(25,21-15-7-5-8-16-21)22-17-9-6-10-18-22/h5-10,15-18,20,24-25H,4,11-14,19H2,1-3H3. The molecule has 2 rings (SSSR count). The normalized spacial score (nSPS) is 13.6. The molecule has 142 valence electrons. The van der Waals surface area contributed by atoms with Crippen molar-refractivity contribution in [3.63, 3.8) is 0 Å². The van der Waals surface area contributed by atoms with Gasteiger partial charge < -0.3 is 9.90 Å². The van der Waals surface area contributed by atoms with E-state index >= 15 is 0 Å². The Labute approximate surface area is 160 Å². The Hall–Kier alpha value is -1.42. The van der Waals surface area contributed by atoms with Crippen molar-refractivity contribution in [1.82, 2.24) is 0 Å². The summed E-state index contributed by atoms with van der Waals surface area (Å²) in [7, 11) is -2.88. The summed E-state index contributed by atoms with van der Waals surface area (Å²) in [6.07, 6.45) is 5.60. The second kappa shape index (κ2) is 9.49. The van der Waals surface area contributed by atoms with Crippen LogP contribution in [0.15, 0.2) is 60.7 Å². The van der Waals surface area contributed by atoms with E-state index in [0.717, 1.165) is 48.9 Å². The summed E-state index contributed by atoms with van der Waals surface area (Å²) >= 11 is 0. The molecule has 2 aromatic carbocycles. The Morgan fingerprint density at radius 2 is 1.35 bits per heavy atom. The van der Waals surface area contributed by atoms with Crippen LogP contribution in [-0.2, 0) is 0 Å². The lowest BCUT2D eigenvalue weighted by atomic mass is 10.0. The molecule has 1 unspecified atom stereocenters. The molecule has 0 aromatic heterocycles. The Morgan fingerprint density at radius 1 is 0.846 bits per heavy atom. The molecule has 0 bridgehead atoms. The quantitative estimate of drug-likeness (QED) is 0.485. The molecule has 1 atom stereocenters. The summed E-state index contributed by atoms with van der Waals surface area (Å²) in [6.45, 7) is 6.53. The van der Waals surface area contributed by atoms with Crippen LogP contribution < -0.4 is 10.4 Å². The van der Waals surface area contributed by atoms with E-state index in [4.69, 9.17) is 0 Å². The fraction of sp³-hybridized carbons (Fsp3) is 0.478. The van der Waals surface area contributed by atoms with Crippen LogP contribution in [0.5, 0.6) is 0 Å².